The standard InChI is InChI=1S/C21H15N3O3S/c1-26-15-6-4-5-13(9-15)20-23-14(11-28-20)10-24-12-22-18-16-7-2-3-8-17(16)27-19(18)21(24)25/h2-9,11-12H,10H2,1H3. The van der Waals surface area contributed by atoms with Crippen molar-refractivity contribution in [3.05, 3.63) is 76.3 Å². The summed E-state index contributed by atoms with van der Waals surface area (Å²) in [6.45, 7) is 0.333. The van der Waals surface area contributed by atoms with Gasteiger partial charge in [0.2, 0.25) is 5.58 Å². The van der Waals surface area contributed by atoms with Gasteiger partial charge in [0, 0.05) is 16.3 Å². The SMILES string of the molecule is COc1cccc(-c2nc(Cn3cnc4c(oc5ccccc54)c3=O)cs2)c1. The molecular formula is C21H15N3O3S. The molecule has 0 N–H and O–H groups in total. The second-order valence-electron chi connectivity index (χ2n) is 6.33. The maximum atomic E-state index is 12.9. The third-order valence-corrected chi connectivity index (χ3v) is 5.49. The minimum Gasteiger partial charge on any atom is -0.497 e. The molecule has 0 saturated heterocycles. The number of ether oxygens (including phenoxy) is 1. The van der Waals surface area contributed by atoms with Crippen LogP contribution in [0.1, 0.15) is 5.69 Å². The number of hydrogen-bond donors (Lipinski definition) is 0. The van der Waals surface area contributed by atoms with Gasteiger partial charge in [0.05, 0.1) is 25.7 Å². The molecule has 5 rings (SSSR count). The van der Waals surface area contributed by atoms with Crippen molar-refractivity contribution in [3.8, 4) is 16.3 Å². The quantitative estimate of drug-likeness (QED) is 0.458. The van der Waals surface area contributed by atoms with E-state index in [-0.39, 0.29) is 11.1 Å². The van der Waals surface area contributed by atoms with Gasteiger partial charge in [0.25, 0.3) is 5.56 Å². The molecule has 0 aliphatic rings. The van der Waals surface area contributed by atoms with E-state index in [4.69, 9.17) is 9.15 Å². The number of rotatable bonds is 4. The predicted molar refractivity (Wildman–Crippen MR) is 109 cm³/mol. The molecule has 5 aromatic rings. The van der Waals surface area contributed by atoms with E-state index in [2.05, 4.69) is 9.97 Å². The summed E-state index contributed by atoms with van der Waals surface area (Å²) in [5, 5.41) is 3.67. The van der Waals surface area contributed by atoms with E-state index >= 15 is 0 Å². The summed E-state index contributed by atoms with van der Waals surface area (Å²) >= 11 is 1.53. The maximum absolute atomic E-state index is 12.9. The Hall–Kier alpha value is -3.45. The lowest BCUT2D eigenvalue weighted by Gasteiger charge is -2.02. The highest BCUT2D eigenvalue weighted by molar-refractivity contribution is 7.13. The van der Waals surface area contributed by atoms with E-state index in [1.54, 1.807) is 13.4 Å². The first-order chi connectivity index (χ1) is 13.7. The Bertz CT molecular complexity index is 1370. The highest BCUT2D eigenvalue weighted by atomic mass is 32.1. The van der Waals surface area contributed by atoms with Crippen LogP contribution in [0.4, 0.5) is 0 Å². The summed E-state index contributed by atoms with van der Waals surface area (Å²) in [6, 6.07) is 15.3. The third kappa shape index (κ3) is 2.76. The van der Waals surface area contributed by atoms with Crippen molar-refractivity contribution in [1.82, 2.24) is 14.5 Å². The molecule has 0 spiro atoms. The van der Waals surface area contributed by atoms with Crippen molar-refractivity contribution in [2.24, 2.45) is 0 Å². The zero-order valence-electron chi connectivity index (χ0n) is 15.0. The van der Waals surface area contributed by atoms with Crippen LogP contribution in [0.5, 0.6) is 5.75 Å². The lowest BCUT2D eigenvalue weighted by Crippen LogP contribution is -2.20. The second-order valence-corrected chi connectivity index (χ2v) is 7.19. The van der Waals surface area contributed by atoms with Gasteiger partial charge in [-0.15, -0.1) is 11.3 Å². The fraction of sp³-hybridized carbons (Fsp3) is 0.0952. The van der Waals surface area contributed by atoms with E-state index in [1.807, 2.05) is 53.9 Å². The van der Waals surface area contributed by atoms with E-state index in [9.17, 15) is 4.79 Å². The van der Waals surface area contributed by atoms with Crippen LogP contribution in [-0.2, 0) is 6.54 Å². The van der Waals surface area contributed by atoms with Crippen LogP contribution < -0.4 is 10.3 Å². The number of thiazole rings is 1. The molecule has 0 aliphatic carbocycles. The zero-order valence-corrected chi connectivity index (χ0v) is 15.8. The van der Waals surface area contributed by atoms with Gasteiger partial charge < -0.3 is 9.15 Å². The number of para-hydroxylation sites is 1. The molecule has 0 aliphatic heterocycles. The molecule has 0 radical (unpaired) electrons. The number of fused-ring (bicyclic) bond motifs is 3. The number of aromatic nitrogens is 3. The molecule has 0 bridgehead atoms. The van der Waals surface area contributed by atoms with Crippen molar-refractivity contribution in [2.75, 3.05) is 7.11 Å². The van der Waals surface area contributed by atoms with Crippen molar-refractivity contribution in [1.29, 1.82) is 0 Å². The molecule has 138 valence electrons. The molecule has 0 unspecified atom stereocenters. The fourth-order valence-corrected chi connectivity index (χ4v) is 3.98. The van der Waals surface area contributed by atoms with Gasteiger partial charge in [0.1, 0.15) is 21.9 Å². The first-order valence-electron chi connectivity index (χ1n) is 8.68. The van der Waals surface area contributed by atoms with Crippen molar-refractivity contribution >= 4 is 33.4 Å². The molecular weight excluding hydrogens is 374 g/mol. The largest absolute Gasteiger partial charge is 0.497 e. The number of methoxy groups -OCH3 is 1. The monoisotopic (exact) mass is 389 g/mol. The maximum Gasteiger partial charge on any atom is 0.297 e. The molecule has 7 heteroatoms. The number of benzene rings is 2. The van der Waals surface area contributed by atoms with E-state index in [0.29, 0.717) is 17.6 Å². The minimum absolute atomic E-state index is 0.211. The topological polar surface area (TPSA) is 70.2 Å². The van der Waals surface area contributed by atoms with Gasteiger partial charge in [-0.2, -0.15) is 0 Å². The molecule has 0 atom stereocenters. The van der Waals surface area contributed by atoms with Crippen LogP contribution in [0.3, 0.4) is 0 Å². The first-order valence-corrected chi connectivity index (χ1v) is 9.56. The Morgan fingerprint density at radius 2 is 2.07 bits per heavy atom. The van der Waals surface area contributed by atoms with E-state index < -0.39 is 0 Å². The molecule has 2 aromatic carbocycles. The predicted octanol–water partition coefficient (Wildman–Crippen LogP) is 4.32. The van der Waals surface area contributed by atoms with Crippen LogP contribution in [0.25, 0.3) is 32.6 Å². The summed E-state index contributed by atoms with van der Waals surface area (Å²) in [5.74, 6) is 0.782. The third-order valence-electron chi connectivity index (χ3n) is 4.55. The number of hydrogen-bond acceptors (Lipinski definition) is 6. The Balaban J connectivity index is 1.50. The van der Waals surface area contributed by atoms with Gasteiger partial charge in [0.15, 0.2) is 0 Å². The average Bonchev–Trinajstić information content (AvgIpc) is 3.35. The Morgan fingerprint density at radius 1 is 1.18 bits per heavy atom. The Labute approximate surface area is 163 Å². The summed E-state index contributed by atoms with van der Waals surface area (Å²) < 4.78 is 12.5. The van der Waals surface area contributed by atoms with Gasteiger partial charge >= 0.3 is 0 Å². The molecule has 0 saturated carbocycles. The number of nitrogens with zero attached hydrogens (tertiary/aromatic N) is 3. The molecule has 3 aromatic heterocycles. The summed E-state index contributed by atoms with van der Waals surface area (Å²) in [6.07, 6.45) is 1.55. The van der Waals surface area contributed by atoms with Gasteiger partial charge in [-0.3, -0.25) is 9.36 Å². The Kier molecular flexibility index (Phi) is 3.95. The van der Waals surface area contributed by atoms with E-state index in [1.165, 1.54) is 15.9 Å². The lowest BCUT2D eigenvalue weighted by molar-refractivity contribution is 0.415. The summed E-state index contributed by atoms with van der Waals surface area (Å²) in [4.78, 5) is 22.0. The van der Waals surface area contributed by atoms with Gasteiger partial charge in [-0.25, -0.2) is 9.97 Å². The van der Waals surface area contributed by atoms with Gasteiger partial charge in [-0.05, 0) is 24.3 Å². The number of furan rings is 1. The van der Waals surface area contributed by atoms with Crippen molar-refractivity contribution < 1.29 is 9.15 Å². The van der Waals surface area contributed by atoms with Gasteiger partial charge in [-0.1, -0.05) is 24.3 Å². The summed E-state index contributed by atoms with van der Waals surface area (Å²) in [5.41, 5.74) is 3.08. The zero-order chi connectivity index (χ0) is 19.1. The minimum atomic E-state index is -0.211. The van der Waals surface area contributed by atoms with Crippen LogP contribution in [0, 0.1) is 0 Å². The van der Waals surface area contributed by atoms with Crippen LogP contribution in [0.2, 0.25) is 0 Å². The van der Waals surface area contributed by atoms with E-state index in [0.717, 1.165) is 27.4 Å². The second kappa shape index (κ2) is 6.61. The lowest BCUT2D eigenvalue weighted by atomic mass is 10.2. The molecule has 28 heavy (non-hydrogen) atoms. The Morgan fingerprint density at radius 3 is 2.96 bits per heavy atom. The highest BCUT2D eigenvalue weighted by Gasteiger charge is 2.14. The van der Waals surface area contributed by atoms with Crippen molar-refractivity contribution in [2.45, 2.75) is 6.54 Å². The molecule has 0 amide bonds. The summed E-state index contributed by atoms with van der Waals surface area (Å²) in [7, 11) is 1.64. The normalized spacial score (nSPS) is 11.3. The van der Waals surface area contributed by atoms with Crippen molar-refractivity contribution in [3.63, 3.8) is 0 Å². The van der Waals surface area contributed by atoms with Crippen LogP contribution in [-0.4, -0.2) is 21.6 Å². The molecule has 0 fully saturated rings. The smallest absolute Gasteiger partial charge is 0.297 e. The molecule has 3 heterocycles. The highest BCUT2D eigenvalue weighted by Crippen LogP contribution is 2.27. The fourth-order valence-electron chi connectivity index (χ4n) is 3.17. The first kappa shape index (κ1) is 16.7. The molecule has 6 nitrogen and oxygen atoms in total. The van der Waals surface area contributed by atoms with Crippen LogP contribution >= 0.6 is 11.3 Å². The average molecular weight is 389 g/mol. The van der Waals surface area contributed by atoms with Crippen LogP contribution in [0.15, 0.2) is 69.5 Å².